The highest BCUT2D eigenvalue weighted by molar-refractivity contribution is 5.91. The van der Waals surface area contributed by atoms with E-state index < -0.39 is 0 Å². The molecule has 1 saturated heterocycles. The lowest BCUT2D eigenvalue weighted by molar-refractivity contribution is -0.127. The number of aryl methyl sites for hydroxylation is 1. The molecule has 4 nitrogen and oxygen atoms in total. The normalized spacial score (nSPS) is 15.6. The highest BCUT2D eigenvalue weighted by atomic mass is 16.2. The van der Waals surface area contributed by atoms with Gasteiger partial charge in [-0.25, -0.2) is 0 Å². The van der Waals surface area contributed by atoms with E-state index in [0.717, 1.165) is 50.4 Å². The van der Waals surface area contributed by atoms with Gasteiger partial charge in [0.15, 0.2) is 0 Å². The van der Waals surface area contributed by atoms with Crippen molar-refractivity contribution in [2.24, 2.45) is 0 Å². The second-order valence-corrected chi connectivity index (χ2v) is 6.48. The predicted octanol–water partition coefficient (Wildman–Crippen LogP) is 2.79. The third-order valence-electron chi connectivity index (χ3n) is 4.59. The molecule has 2 aromatic rings. The fourth-order valence-electron chi connectivity index (χ4n) is 2.96. The van der Waals surface area contributed by atoms with Crippen molar-refractivity contribution in [2.75, 3.05) is 32.7 Å². The van der Waals surface area contributed by atoms with Gasteiger partial charge in [0, 0.05) is 57.1 Å². The van der Waals surface area contributed by atoms with Crippen LogP contribution in [0.5, 0.6) is 0 Å². The van der Waals surface area contributed by atoms with Crippen LogP contribution < -0.4 is 0 Å². The van der Waals surface area contributed by atoms with Crippen molar-refractivity contribution < 1.29 is 4.79 Å². The van der Waals surface area contributed by atoms with Gasteiger partial charge in [-0.2, -0.15) is 0 Å². The molecule has 0 saturated carbocycles. The zero-order valence-corrected chi connectivity index (χ0v) is 14.8. The van der Waals surface area contributed by atoms with Crippen LogP contribution >= 0.6 is 0 Å². The van der Waals surface area contributed by atoms with Crippen molar-refractivity contribution in [3.63, 3.8) is 0 Å². The average Bonchev–Trinajstić information content (AvgIpc) is 2.67. The number of amides is 1. The third kappa shape index (κ3) is 5.26. The quantitative estimate of drug-likeness (QED) is 0.789. The predicted molar refractivity (Wildman–Crippen MR) is 101 cm³/mol. The summed E-state index contributed by atoms with van der Waals surface area (Å²) in [5.41, 5.74) is 3.42. The van der Waals surface area contributed by atoms with E-state index in [1.165, 1.54) is 5.56 Å². The lowest BCUT2D eigenvalue weighted by atomic mass is 10.1. The van der Waals surface area contributed by atoms with Crippen molar-refractivity contribution in [1.29, 1.82) is 0 Å². The maximum atomic E-state index is 12.3. The van der Waals surface area contributed by atoms with Crippen molar-refractivity contribution >= 4 is 12.0 Å². The molecule has 1 aliphatic rings. The van der Waals surface area contributed by atoms with E-state index in [0.29, 0.717) is 0 Å². The smallest absolute Gasteiger partial charge is 0.246 e. The summed E-state index contributed by atoms with van der Waals surface area (Å²) in [4.78, 5) is 21.0. The summed E-state index contributed by atoms with van der Waals surface area (Å²) >= 11 is 0. The number of aromatic nitrogens is 1. The van der Waals surface area contributed by atoms with Gasteiger partial charge in [0.2, 0.25) is 5.91 Å². The number of pyridine rings is 1. The molecule has 2 heterocycles. The molecule has 0 spiro atoms. The Morgan fingerprint density at radius 1 is 1.08 bits per heavy atom. The lowest BCUT2D eigenvalue weighted by Gasteiger charge is -2.34. The number of piperazine rings is 1. The molecule has 1 aromatic carbocycles. The molecule has 0 atom stereocenters. The monoisotopic (exact) mass is 335 g/mol. The molecule has 25 heavy (non-hydrogen) atoms. The number of carbonyl (C=O) groups excluding carboxylic acids is 1. The van der Waals surface area contributed by atoms with E-state index in [-0.39, 0.29) is 5.91 Å². The van der Waals surface area contributed by atoms with Gasteiger partial charge in [-0.15, -0.1) is 0 Å². The summed E-state index contributed by atoms with van der Waals surface area (Å²) in [7, 11) is 0. The topological polar surface area (TPSA) is 36.4 Å². The number of hydrogen-bond acceptors (Lipinski definition) is 3. The van der Waals surface area contributed by atoms with E-state index in [2.05, 4.69) is 35.0 Å². The summed E-state index contributed by atoms with van der Waals surface area (Å²) in [5.74, 6) is 0.102. The summed E-state index contributed by atoms with van der Waals surface area (Å²) in [5, 5.41) is 0. The Kier molecular flexibility index (Phi) is 5.96. The van der Waals surface area contributed by atoms with Crippen molar-refractivity contribution in [1.82, 2.24) is 14.8 Å². The second-order valence-electron chi connectivity index (χ2n) is 6.48. The number of carbonyl (C=O) groups is 1. The van der Waals surface area contributed by atoms with Gasteiger partial charge >= 0.3 is 0 Å². The summed E-state index contributed by atoms with van der Waals surface area (Å²) in [6.07, 6.45) is 6.39. The zero-order valence-electron chi connectivity index (χ0n) is 14.8. The fraction of sp³-hybridized carbons (Fsp3) is 0.333. The minimum Gasteiger partial charge on any atom is -0.337 e. The number of benzene rings is 1. The molecule has 1 aromatic heterocycles. The van der Waals surface area contributed by atoms with Gasteiger partial charge in [0.1, 0.15) is 0 Å². The maximum Gasteiger partial charge on any atom is 0.246 e. The first-order valence-corrected chi connectivity index (χ1v) is 8.86. The number of hydrogen-bond donors (Lipinski definition) is 0. The zero-order chi connectivity index (χ0) is 17.5. The summed E-state index contributed by atoms with van der Waals surface area (Å²) < 4.78 is 0. The lowest BCUT2D eigenvalue weighted by Crippen LogP contribution is -2.48. The van der Waals surface area contributed by atoms with Crippen LogP contribution in [0.1, 0.15) is 16.8 Å². The number of nitrogens with zero attached hydrogens (tertiary/aromatic N) is 3. The van der Waals surface area contributed by atoms with Crippen molar-refractivity contribution in [3.05, 3.63) is 71.6 Å². The summed E-state index contributed by atoms with van der Waals surface area (Å²) in [6, 6.07) is 14.2. The van der Waals surface area contributed by atoms with Gasteiger partial charge < -0.3 is 4.90 Å². The Morgan fingerprint density at radius 3 is 2.52 bits per heavy atom. The Balaban J connectivity index is 1.43. The third-order valence-corrected chi connectivity index (χ3v) is 4.59. The number of rotatable bonds is 5. The van der Waals surface area contributed by atoms with Crippen LogP contribution in [0, 0.1) is 6.92 Å². The molecule has 0 bridgehead atoms. The molecule has 0 unspecified atom stereocenters. The second kappa shape index (κ2) is 8.58. The molecule has 130 valence electrons. The van der Waals surface area contributed by atoms with Crippen molar-refractivity contribution in [2.45, 2.75) is 13.3 Å². The SMILES string of the molecule is Cc1ccc(/C=C/C(=O)N2CCN(CCc3ccccn3)CC2)cc1. The van der Waals surface area contributed by atoms with Crippen LogP contribution in [-0.2, 0) is 11.2 Å². The van der Waals surface area contributed by atoms with Crippen molar-refractivity contribution in [3.8, 4) is 0 Å². The van der Waals surface area contributed by atoms with E-state index in [9.17, 15) is 4.79 Å². The first-order valence-electron chi connectivity index (χ1n) is 8.86. The Hall–Kier alpha value is -2.46. The van der Waals surface area contributed by atoms with Crippen LogP contribution in [0.4, 0.5) is 0 Å². The van der Waals surface area contributed by atoms with Gasteiger partial charge in [-0.3, -0.25) is 14.7 Å². The standard InChI is InChI=1S/C21H25N3O/c1-18-5-7-19(8-6-18)9-10-21(25)24-16-14-23(15-17-24)13-11-20-4-2-3-12-22-20/h2-10,12H,11,13-17H2,1H3/b10-9+. The minimum atomic E-state index is 0.102. The van der Waals surface area contributed by atoms with Crippen LogP contribution in [0.25, 0.3) is 6.08 Å². The Morgan fingerprint density at radius 2 is 1.84 bits per heavy atom. The van der Waals surface area contributed by atoms with Gasteiger partial charge in [-0.05, 0) is 30.7 Å². The van der Waals surface area contributed by atoms with E-state index in [1.807, 2.05) is 41.4 Å². The molecule has 0 aliphatic carbocycles. The van der Waals surface area contributed by atoms with E-state index >= 15 is 0 Å². The van der Waals surface area contributed by atoms with E-state index in [4.69, 9.17) is 0 Å². The molecular formula is C21H25N3O. The molecule has 1 aliphatic heterocycles. The molecule has 0 radical (unpaired) electrons. The van der Waals surface area contributed by atoms with Crippen LogP contribution in [-0.4, -0.2) is 53.4 Å². The minimum absolute atomic E-state index is 0.102. The molecule has 3 rings (SSSR count). The van der Waals surface area contributed by atoms with Gasteiger partial charge in [0.05, 0.1) is 0 Å². The van der Waals surface area contributed by atoms with Gasteiger partial charge in [-0.1, -0.05) is 35.9 Å². The fourth-order valence-corrected chi connectivity index (χ4v) is 2.96. The highest BCUT2D eigenvalue weighted by Crippen LogP contribution is 2.08. The van der Waals surface area contributed by atoms with Crippen LogP contribution in [0.3, 0.4) is 0 Å². The maximum absolute atomic E-state index is 12.3. The van der Waals surface area contributed by atoms with E-state index in [1.54, 1.807) is 6.08 Å². The Labute approximate surface area is 149 Å². The molecule has 4 heteroatoms. The average molecular weight is 335 g/mol. The molecule has 0 N–H and O–H groups in total. The summed E-state index contributed by atoms with van der Waals surface area (Å²) in [6.45, 7) is 6.50. The van der Waals surface area contributed by atoms with Crippen LogP contribution in [0.15, 0.2) is 54.7 Å². The molecule has 1 amide bonds. The first kappa shape index (κ1) is 17.4. The first-order chi connectivity index (χ1) is 12.2. The largest absolute Gasteiger partial charge is 0.337 e. The van der Waals surface area contributed by atoms with Crippen LogP contribution in [0.2, 0.25) is 0 Å². The molecular weight excluding hydrogens is 310 g/mol. The molecule has 1 fully saturated rings. The Bertz CT molecular complexity index is 702. The highest BCUT2D eigenvalue weighted by Gasteiger charge is 2.19. The van der Waals surface area contributed by atoms with Gasteiger partial charge in [0.25, 0.3) is 0 Å².